The van der Waals surface area contributed by atoms with Crippen LogP contribution in [-0.2, 0) is 4.79 Å². The number of benzene rings is 1. The highest BCUT2D eigenvalue weighted by Gasteiger charge is 2.22. The number of amides is 1. The minimum Gasteiger partial charge on any atom is -0.352 e. The van der Waals surface area contributed by atoms with E-state index in [9.17, 15) is 9.18 Å². The minimum atomic E-state index is -0.749. The lowest BCUT2D eigenvalue weighted by Crippen LogP contribution is -2.38. The molecule has 0 bridgehead atoms. The van der Waals surface area contributed by atoms with Gasteiger partial charge in [-0.2, -0.15) is 0 Å². The first-order valence-electron chi connectivity index (χ1n) is 6.78. The van der Waals surface area contributed by atoms with E-state index in [0.717, 1.165) is 25.7 Å². The van der Waals surface area contributed by atoms with Crippen LogP contribution in [0, 0.1) is 12.7 Å². The molecule has 1 fully saturated rings. The fourth-order valence-electron chi connectivity index (χ4n) is 2.50. The summed E-state index contributed by atoms with van der Waals surface area (Å²) < 4.78 is 13.2. The fourth-order valence-corrected chi connectivity index (χ4v) is 2.70. The Kier molecular flexibility index (Phi) is 4.81. The highest BCUT2D eigenvalue weighted by atomic mass is 35.5. The summed E-state index contributed by atoms with van der Waals surface area (Å²) in [7, 11) is 0. The minimum absolute atomic E-state index is 0.181. The fraction of sp³-hybridized carbons (Fsp3) is 0.533. The summed E-state index contributed by atoms with van der Waals surface area (Å²) in [6.45, 7) is 1.67. The van der Waals surface area contributed by atoms with E-state index in [1.165, 1.54) is 12.5 Å². The molecular weight excluding hydrogens is 265 g/mol. The number of hydrogen-bond donors (Lipinski definition) is 1. The summed E-state index contributed by atoms with van der Waals surface area (Å²) in [5, 5.41) is 2.24. The van der Waals surface area contributed by atoms with Crippen LogP contribution in [0.4, 0.5) is 4.39 Å². The Labute approximate surface area is 118 Å². The number of halogens is 2. The molecule has 104 valence electrons. The van der Waals surface area contributed by atoms with Gasteiger partial charge in [0.25, 0.3) is 0 Å². The van der Waals surface area contributed by atoms with Crippen LogP contribution in [0.25, 0.3) is 0 Å². The van der Waals surface area contributed by atoms with E-state index in [4.69, 9.17) is 11.6 Å². The number of rotatable bonds is 3. The van der Waals surface area contributed by atoms with Gasteiger partial charge < -0.3 is 5.32 Å². The van der Waals surface area contributed by atoms with E-state index in [-0.39, 0.29) is 17.8 Å². The van der Waals surface area contributed by atoms with Crippen molar-refractivity contribution in [1.29, 1.82) is 0 Å². The number of alkyl halides is 1. The van der Waals surface area contributed by atoms with Crippen molar-refractivity contribution in [3.05, 3.63) is 35.1 Å². The third-order valence-corrected chi connectivity index (χ3v) is 4.11. The molecule has 1 aliphatic carbocycles. The predicted octanol–water partition coefficient (Wildman–Crippen LogP) is 3.86. The van der Waals surface area contributed by atoms with E-state index < -0.39 is 5.38 Å². The molecule has 1 amide bonds. The van der Waals surface area contributed by atoms with Crippen LogP contribution in [-0.4, -0.2) is 11.9 Å². The number of carbonyl (C=O) groups is 1. The molecule has 0 saturated heterocycles. The summed E-state index contributed by atoms with van der Waals surface area (Å²) in [5.74, 6) is -0.458. The molecule has 19 heavy (non-hydrogen) atoms. The summed E-state index contributed by atoms with van der Waals surface area (Å²) in [4.78, 5) is 12.1. The van der Waals surface area contributed by atoms with Gasteiger partial charge in [-0.05, 0) is 37.0 Å². The van der Waals surface area contributed by atoms with Crippen molar-refractivity contribution in [3.63, 3.8) is 0 Å². The SMILES string of the molecule is Cc1cc(C(Cl)C(=O)NC2CCCCC2)ccc1F. The van der Waals surface area contributed by atoms with Gasteiger partial charge in [-0.3, -0.25) is 4.79 Å². The normalized spacial score (nSPS) is 18.1. The van der Waals surface area contributed by atoms with Crippen LogP contribution in [0.2, 0.25) is 0 Å². The van der Waals surface area contributed by atoms with Crippen LogP contribution < -0.4 is 5.32 Å². The molecule has 0 radical (unpaired) electrons. The molecule has 0 heterocycles. The van der Waals surface area contributed by atoms with Gasteiger partial charge in [-0.15, -0.1) is 11.6 Å². The summed E-state index contributed by atoms with van der Waals surface area (Å²) in [6, 6.07) is 4.80. The monoisotopic (exact) mass is 283 g/mol. The first-order valence-corrected chi connectivity index (χ1v) is 7.22. The molecule has 0 aliphatic heterocycles. The smallest absolute Gasteiger partial charge is 0.242 e. The van der Waals surface area contributed by atoms with Crippen LogP contribution in [0.1, 0.15) is 48.6 Å². The molecule has 2 nitrogen and oxygen atoms in total. The second-order valence-corrected chi connectivity index (χ2v) is 5.65. The Morgan fingerprint density at radius 3 is 2.68 bits per heavy atom. The molecule has 1 unspecified atom stereocenters. The van der Waals surface area contributed by atoms with Crippen molar-refractivity contribution in [1.82, 2.24) is 5.32 Å². The molecule has 1 atom stereocenters. The van der Waals surface area contributed by atoms with Gasteiger partial charge in [-0.1, -0.05) is 31.4 Å². The van der Waals surface area contributed by atoms with Crippen molar-refractivity contribution in [2.75, 3.05) is 0 Å². The zero-order valence-electron chi connectivity index (χ0n) is 11.1. The zero-order chi connectivity index (χ0) is 13.8. The average Bonchev–Trinajstić information content (AvgIpc) is 2.42. The lowest BCUT2D eigenvalue weighted by Gasteiger charge is -2.24. The molecule has 0 spiro atoms. The van der Waals surface area contributed by atoms with Gasteiger partial charge in [0.05, 0.1) is 0 Å². The van der Waals surface area contributed by atoms with Crippen molar-refractivity contribution in [2.45, 2.75) is 50.4 Å². The maximum Gasteiger partial charge on any atom is 0.242 e. The third kappa shape index (κ3) is 3.69. The van der Waals surface area contributed by atoms with Gasteiger partial charge in [0.2, 0.25) is 5.91 Å². The van der Waals surface area contributed by atoms with Gasteiger partial charge in [0, 0.05) is 6.04 Å². The molecular formula is C15H19ClFNO. The Bertz CT molecular complexity index is 457. The quantitative estimate of drug-likeness (QED) is 0.839. The largest absolute Gasteiger partial charge is 0.352 e. The number of nitrogens with one attached hydrogen (secondary N) is 1. The highest BCUT2D eigenvalue weighted by Crippen LogP contribution is 2.24. The molecule has 1 saturated carbocycles. The van der Waals surface area contributed by atoms with Gasteiger partial charge in [0.15, 0.2) is 0 Å². The third-order valence-electron chi connectivity index (χ3n) is 3.66. The summed E-state index contributed by atoms with van der Waals surface area (Å²) in [6.07, 6.45) is 5.62. The van der Waals surface area contributed by atoms with Crippen LogP contribution >= 0.6 is 11.6 Å². The molecule has 1 aliphatic rings. The van der Waals surface area contributed by atoms with Gasteiger partial charge in [-0.25, -0.2) is 4.39 Å². The van der Waals surface area contributed by atoms with E-state index in [1.807, 2.05) is 0 Å². The van der Waals surface area contributed by atoms with E-state index in [0.29, 0.717) is 11.1 Å². The molecule has 0 aromatic heterocycles. The van der Waals surface area contributed by atoms with E-state index in [1.54, 1.807) is 19.1 Å². The standard InChI is InChI=1S/C15H19ClFNO/c1-10-9-11(7-8-13(10)17)14(16)15(19)18-12-5-3-2-4-6-12/h7-9,12,14H,2-6H2,1H3,(H,18,19). The molecule has 1 aromatic carbocycles. The first-order chi connectivity index (χ1) is 9.08. The highest BCUT2D eigenvalue weighted by molar-refractivity contribution is 6.30. The van der Waals surface area contributed by atoms with Crippen molar-refractivity contribution >= 4 is 17.5 Å². The number of aryl methyl sites for hydroxylation is 1. The summed E-state index contributed by atoms with van der Waals surface area (Å²) in [5.41, 5.74) is 1.16. The second-order valence-electron chi connectivity index (χ2n) is 5.21. The van der Waals surface area contributed by atoms with Crippen LogP contribution in [0.5, 0.6) is 0 Å². The van der Waals surface area contributed by atoms with Crippen LogP contribution in [0.15, 0.2) is 18.2 Å². The van der Waals surface area contributed by atoms with E-state index >= 15 is 0 Å². The molecule has 1 aromatic rings. The van der Waals surface area contributed by atoms with Crippen molar-refractivity contribution in [2.24, 2.45) is 0 Å². The number of hydrogen-bond acceptors (Lipinski definition) is 1. The van der Waals surface area contributed by atoms with Crippen LogP contribution in [0.3, 0.4) is 0 Å². The summed E-state index contributed by atoms with van der Waals surface area (Å²) >= 11 is 6.17. The maximum atomic E-state index is 13.2. The zero-order valence-corrected chi connectivity index (χ0v) is 11.8. The lowest BCUT2D eigenvalue weighted by atomic mass is 9.95. The topological polar surface area (TPSA) is 29.1 Å². The first kappa shape index (κ1) is 14.3. The van der Waals surface area contributed by atoms with Gasteiger partial charge in [0.1, 0.15) is 11.2 Å². The second kappa shape index (κ2) is 6.38. The Balaban J connectivity index is 1.99. The molecule has 4 heteroatoms. The molecule has 1 N–H and O–H groups in total. The Hall–Kier alpha value is -1.09. The Morgan fingerprint density at radius 2 is 2.05 bits per heavy atom. The average molecular weight is 284 g/mol. The Morgan fingerprint density at radius 1 is 1.37 bits per heavy atom. The predicted molar refractivity (Wildman–Crippen MR) is 74.7 cm³/mol. The molecule has 2 rings (SSSR count). The maximum absolute atomic E-state index is 13.2. The van der Waals surface area contributed by atoms with Crippen molar-refractivity contribution < 1.29 is 9.18 Å². The number of carbonyl (C=O) groups excluding carboxylic acids is 1. The van der Waals surface area contributed by atoms with E-state index in [2.05, 4.69) is 5.32 Å². The van der Waals surface area contributed by atoms with Crippen molar-refractivity contribution in [3.8, 4) is 0 Å². The lowest BCUT2D eigenvalue weighted by molar-refractivity contribution is -0.121. The van der Waals surface area contributed by atoms with Gasteiger partial charge >= 0.3 is 0 Å².